The Labute approximate surface area is 125 Å². The van der Waals surface area contributed by atoms with Crippen molar-refractivity contribution in [3.8, 4) is 18.1 Å². The Morgan fingerprint density at radius 2 is 2.25 bits per heavy atom. The molecular weight excluding hydrogens is 274 g/mol. The number of hydrogen-bond donors (Lipinski definition) is 1. The summed E-state index contributed by atoms with van der Waals surface area (Å²) in [5.41, 5.74) is 0.395. The van der Waals surface area contributed by atoms with Gasteiger partial charge in [0.15, 0.2) is 0 Å². The van der Waals surface area contributed by atoms with Crippen LogP contribution in [0, 0.1) is 19.3 Å². The maximum Gasteiger partial charge on any atom is 0.256 e. The summed E-state index contributed by atoms with van der Waals surface area (Å²) in [5, 5.41) is 3.22. The number of terminal acetylenes is 1. The molecule has 106 valence electrons. The topological polar surface area (TPSA) is 38.3 Å². The molecule has 0 fully saturated rings. The summed E-state index contributed by atoms with van der Waals surface area (Å²) in [4.78, 5) is 12.3. The lowest BCUT2D eigenvalue weighted by molar-refractivity contribution is 0.0926. The summed E-state index contributed by atoms with van der Waals surface area (Å²) >= 11 is 6.01. The molecule has 0 aliphatic rings. The molecule has 0 saturated heterocycles. The molecule has 0 aromatic heterocycles. The van der Waals surface area contributed by atoms with E-state index in [1.165, 1.54) is 0 Å². The van der Waals surface area contributed by atoms with Crippen LogP contribution in [0.5, 0.6) is 5.75 Å². The number of nitrogens with one attached hydrogen (secondary N) is 1. The number of carbonyl (C=O) groups is 1. The average molecular weight is 292 g/mol. The molecule has 0 aliphatic heterocycles. The molecule has 4 heteroatoms. The van der Waals surface area contributed by atoms with Crippen LogP contribution in [-0.2, 0) is 0 Å². The molecule has 0 spiro atoms. The van der Waals surface area contributed by atoms with E-state index in [9.17, 15) is 4.79 Å². The van der Waals surface area contributed by atoms with Gasteiger partial charge in [-0.2, -0.15) is 0 Å². The monoisotopic (exact) mass is 291 g/mol. The van der Waals surface area contributed by atoms with Crippen molar-refractivity contribution >= 4 is 17.5 Å². The fraction of sp³-hybridized carbons (Fsp3) is 0.312. The summed E-state index contributed by atoms with van der Waals surface area (Å²) in [6, 6.07) is 3.30. The van der Waals surface area contributed by atoms with E-state index in [1.807, 2.05) is 6.92 Å². The number of carbonyl (C=O) groups excluding carboxylic acids is 1. The van der Waals surface area contributed by atoms with Crippen molar-refractivity contribution < 1.29 is 9.53 Å². The zero-order valence-electron chi connectivity index (χ0n) is 11.9. The normalized spacial score (nSPS) is 10.6. The number of amides is 1. The molecule has 0 aliphatic carbocycles. The first-order valence-electron chi connectivity index (χ1n) is 6.15. The fourth-order valence-electron chi connectivity index (χ4n) is 1.62. The zero-order valence-corrected chi connectivity index (χ0v) is 12.7. The van der Waals surface area contributed by atoms with E-state index in [2.05, 4.69) is 17.8 Å². The van der Waals surface area contributed by atoms with Crippen LogP contribution in [0.1, 0.15) is 29.8 Å². The third-order valence-corrected chi connectivity index (χ3v) is 2.83. The lowest BCUT2D eigenvalue weighted by atomic mass is 10.0. The Balaban J connectivity index is 3.18. The summed E-state index contributed by atoms with van der Waals surface area (Å²) in [7, 11) is 0. The molecule has 1 aromatic carbocycles. The largest absolute Gasteiger partial charge is 0.488 e. The average Bonchev–Trinajstić information content (AvgIpc) is 2.36. The maximum absolute atomic E-state index is 12.3. The second-order valence-electron chi connectivity index (χ2n) is 4.92. The van der Waals surface area contributed by atoms with Crippen molar-refractivity contribution in [1.29, 1.82) is 0 Å². The van der Waals surface area contributed by atoms with Crippen molar-refractivity contribution in [2.45, 2.75) is 26.3 Å². The van der Waals surface area contributed by atoms with Gasteiger partial charge in [-0.25, -0.2) is 0 Å². The smallest absolute Gasteiger partial charge is 0.256 e. The van der Waals surface area contributed by atoms with Crippen LogP contribution in [0.3, 0.4) is 0 Å². The van der Waals surface area contributed by atoms with Gasteiger partial charge in [-0.15, -0.1) is 6.42 Å². The van der Waals surface area contributed by atoms with E-state index in [1.54, 1.807) is 32.1 Å². The highest BCUT2D eigenvalue weighted by atomic mass is 35.5. The zero-order chi connectivity index (χ0) is 15.3. The molecule has 0 atom stereocenters. The number of ether oxygens (including phenoxy) is 1. The van der Waals surface area contributed by atoms with Crippen LogP contribution < -0.4 is 10.1 Å². The summed E-state index contributed by atoms with van der Waals surface area (Å²) in [6.07, 6.45) is 6.99. The van der Waals surface area contributed by atoms with Gasteiger partial charge in [0.2, 0.25) is 0 Å². The Kier molecular flexibility index (Phi) is 5.24. The first-order chi connectivity index (χ1) is 9.30. The van der Waals surface area contributed by atoms with Gasteiger partial charge in [-0.3, -0.25) is 4.79 Å². The summed E-state index contributed by atoms with van der Waals surface area (Å²) in [6.45, 7) is 9.21. The number of hydrogen-bond acceptors (Lipinski definition) is 2. The predicted octanol–water partition coefficient (Wildman–Crippen LogP) is 3.35. The molecule has 20 heavy (non-hydrogen) atoms. The second-order valence-corrected chi connectivity index (χ2v) is 5.36. The van der Waals surface area contributed by atoms with E-state index in [0.717, 1.165) is 5.56 Å². The summed E-state index contributed by atoms with van der Waals surface area (Å²) in [5.74, 6) is 2.68. The highest BCUT2D eigenvalue weighted by molar-refractivity contribution is 6.31. The van der Waals surface area contributed by atoms with Crippen molar-refractivity contribution in [2.75, 3.05) is 6.61 Å². The molecule has 0 radical (unpaired) electrons. The molecule has 0 bridgehead atoms. The van der Waals surface area contributed by atoms with Crippen molar-refractivity contribution in [1.82, 2.24) is 5.32 Å². The van der Waals surface area contributed by atoms with Gasteiger partial charge in [0.1, 0.15) is 12.4 Å². The third-order valence-electron chi connectivity index (χ3n) is 2.62. The van der Waals surface area contributed by atoms with Crippen LogP contribution in [0.4, 0.5) is 0 Å². The minimum absolute atomic E-state index is 0.307. The molecule has 1 amide bonds. The molecule has 3 nitrogen and oxygen atoms in total. The van der Waals surface area contributed by atoms with Gasteiger partial charge < -0.3 is 10.1 Å². The number of aryl methyl sites for hydroxylation is 1. The van der Waals surface area contributed by atoms with Crippen LogP contribution in [0.15, 0.2) is 24.8 Å². The number of benzene rings is 1. The van der Waals surface area contributed by atoms with Crippen molar-refractivity contribution in [3.63, 3.8) is 0 Å². The molecule has 0 saturated carbocycles. The Bertz CT molecular complexity index is 571. The minimum Gasteiger partial charge on any atom is -0.488 e. The van der Waals surface area contributed by atoms with E-state index < -0.39 is 5.54 Å². The van der Waals surface area contributed by atoms with Crippen LogP contribution in [-0.4, -0.2) is 18.1 Å². The number of halogens is 1. The van der Waals surface area contributed by atoms with Gasteiger partial charge in [0.05, 0.1) is 11.1 Å². The van der Waals surface area contributed by atoms with E-state index in [0.29, 0.717) is 22.9 Å². The quantitative estimate of drug-likeness (QED) is 0.667. The standard InChI is InChI=1S/C16H18ClNO2/c1-6-8-20-14-11(3)9-12(17)10-13(14)15(19)18-16(4,5)7-2/h2,6,9-10H,1,8H2,3-5H3,(H,18,19). The van der Waals surface area contributed by atoms with Crippen LogP contribution >= 0.6 is 11.6 Å². The van der Waals surface area contributed by atoms with Gasteiger partial charge >= 0.3 is 0 Å². The van der Waals surface area contributed by atoms with E-state index >= 15 is 0 Å². The Morgan fingerprint density at radius 1 is 1.60 bits per heavy atom. The van der Waals surface area contributed by atoms with Gasteiger partial charge in [0.25, 0.3) is 5.91 Å². The molecular formula is C16H18ClNO2. The van der Waals surface area contributed by atoms with Crippen LogP contribution in [0.25, 0.3) is 0 Å². The van der Waals surface area contributed by atoms with Crippen molar-refractivity contribution in [2.24, 2.45) is 0 Å². The van der Waals surface area contributed by atoms with E-state index in [4.69, 9.17) is 22.8 Å². The summed E-state index contributed by atoms with van der Waals surface area (Å²) < 4.78 is 5.55. The first kappa shape index (κ1) is 16.1. The van der Waals surface area contributed by atoms with Crippen molar-refractivity contribution in [3.05, 3.63) is 40.9 Å². The first-order valence-corrected chi connectivity index (χ1v) is 6.52. The van der Waals surface area contributed by atoms with Crippen LogP contribution in [0.2, 0.25) is 5.02 Å². The Hall–Kier alpha value is -1.92. The molecule has 0 unspecified atom stereocenters. The highest BCUT2D eigenvalue weighted by Gasteiger charge is 2.22. The molecule has 1 rings (SSSR count). The molecule has 1 N–H and O–H groups in total. The predicted molar refractivity (Wildman–Crippen MR) is 82.3 cm³/mol. The third kappa shape index (κ3) is 4.04. The van der Waals surface area contributed by atoms with Gasteiger partial charge in [0, 0.05) is 5.02 Å². The Morgan fingerprint density at radius 3 is 2.80 bits per heavy atom. The van der Waals surface area contributed by atoms with Gasteiger partial charge in [-0.05, 0) is 38.5 Å². The molecule has 0 heterocycles. The fourth-order valence-corrected chi connectivity index (χ4v) is 1.89. The lowest BCUT2D eigenvalue weighted by Crippen LogP contribution is -2.42. The lowest BCUT2D eigenvalue weighted by Gasteiger charge is -2.21. The SMILES string of the molecule is C#CC(C)(C)NC(=O)c1cc(Cl)cc(C)c1OCC=C. The number of rotatable bonds is 5. The minimum atomic E-state index is -0.747. The maximum atomic E-state index is 12.3. The molecule has 1 aromatic rings. The van der Waals surface area contributed by atoms with Gasteiger partial charge in [-0.1, -0.05) is 30.2 Å². The highest BCUT2D eigenvalue weighted by Crippen LogP contribution is 2.28. The van der Waals surface area contributed by atoms with E-state index in [-0.39, 0.29) is 5.91 Å². The second kappa shape index (κ2) is 6.49.